The summed E-state index contributed by atoms with van der Waals surface area (Å²) in [4.78, 5) is 12.7. The first-order chi connectivity index (χ1) is 13.9. The molecule has 0 aliphatic heterocycles. The van der Waals surface area contributed by atoms with Crippen molar-refractivity contribution < 1.29 is 9.18 Å². The van der Waals surface area contributed by atoms with Gasteiger partial charge in [-0.05, 0) is 43.0 Å². The fraction of sp³-hybridized carbons (Fsp3) is 0.286. The lowest BCUT2D eigenvalue weighted by molar-refractivity contribution is -0.115. The van der Waals surface area contributed by atoms with Crippen LogP contribution in [0.25, 0.3) is 11.4 Å². The Labute approximate surface area is 173 Å². The number of thioether (sulfide) groups is 1. The van der Waals surface area contributed by atoms with Crippen LogP contribution in [0.4, 0.5) is 10.1 Å². The van der Waals surface area contributed by atoms with Crippen molar-refractivity contribution in [2.45, 2.75) is 43.5 Å². The number of nitrogen functional groups attached to an aromatic ring is 1. The van der Waals surface area contributed by atoms with Gasteiger partial charge in [-0.25, -0.2) is 9.07 Å². The van der Waals surface area contributed by atoms with Gasteiger partial charge in [0.1, 0.15) is 5.82 Å². The average Bonchev–Trinajstić information content (AvgIpc) is 3.08. The summed E-state index contributed by atoms with van der Waals surface area (Å²) in [6.07, 6.45) is 0.982. The molecule has 1 heterocycles. The van der Waals surface area contributed by atoms with Gasteiger partial charge in [0.25, 0.3) is 0 Å². The SMILES string of the molecule is CC[C@@H](C)c1ccccc1NC(=O)[C@@H](C)Sc1nnc(-c2cccc(F)c2)n1N. The van der Waals surface area contributed by atoms with Gasteiger partial charge in [-0.1, -0.05) is 55.9 Å². The van der Waals surface area contributed by atoms with Crippen molar-refractivity contribution in [2.24, 2.45) is 0 Å². The molecule has 0 aliphatic rings. The van der Waals surface area contributed by atoms with Gasteiger partial charge in [-0.2, -0.15) is 0 Å². The van der Waals surface area contributed by atoms with Gasteiger partial charge in [0.2, 0.25) is 11.1 Å². The molecule has 3 aromatic rings. The minimum Gasteiger partial charge on any atom is -0.335 e. The Balaban J connectivity index is 1.73. The van der Waals surface area contributed by atoms with E-state index >= 15 is 0 Å². The van der Waals surface area contributed by atoms with Gasteiger partial charge in [-0.3, -0.25) is 4.79 Å². The molecule has 1 amide bonds. The molecule has 29 heavy (non-hydrogen) atoms. The van der Waals surface area contributed by atoms with E-state index < -0.39 is 5.25 Å². The normalized spacial score (nSPS) is 13.1. The van der Waals surface area contributed by atoms with E-state index in [-0.39, 0.29) is 11.7 Å². The second-order valence-corrected chi connectivity index (χ2v) is 8.14. The van der Waals surface area contributed by atoms with E-state index in [1.807, 2.05) is 24.3 Å². The number of anilines is 1. The van der Waals surface area contributed by atoms with Crippen LogP contribution in [0, 0.1) is 5.82 Å². The third-order valence-electron chi connectivity index (χ3n) is 4.76. The number of benzene rings is 2. The van der Waals surface area contributed by atoms with Crippen LogP contribution >= 0.6 is 11.8 Å². The van der Waals surface area contributed by atoms with E-state index in [0.717, 1.165) is 17.7 Å². The number of rotatable bonds is 7. The fourth-order valence-electron chi connectivity index (χ4n) is 2.89. The number of amides is 1. The summed E-state index contributed by atoms with van der Waals surface area (Å²) in [5.41, 5.74) is 2.44. The molecular weight excluding hydrogens is 389 g/mol. The second kappa shape index (κ2) is 9.09. The molecule has 2 atom stereocenters. The number of para-hydroxylation sites is 1. The van der Waals surface area contributed by atoms with E-state index in [0.29, 0.717) is 22.5 Å². The van der Waals surface area contributed by atoms with Crippen molar-refractivity contribution in [3.63, 3.8) is 0 Å². The summed E-state index contributed by atoms with van der Waals surface area (Å²) in [5.74, 6) is 6.23. The zero-order valence-electron chi connectivity index (χ0n) is 16.6. The first kappa shape index (κ1) is 20.9. The predicted octanol–water partition coefficient (Wildman–Crippen LogP) is 4.43. The molecule has 2 aromatic carbocycles. The van der Waals surface area contributed by atoms with Gasteiger partial charge < -0.3 is 11.2 Å². The van der Waals surface area contributed by atoms with Crippen LogP contribution < -0.4 is 11.2 Å². The Kier molecular flexibility index (Phi) is 6.53. The number of hydrogen-bond donors (Lipinski definition) is 2. The maximum Gasteiger partial charge on any atom is 0.237 e. The van der Waals surface area contributed by atoms with Crippen molar-refractivity contribution in [1.29, 1.82) is 0 Å². The molecule has 8 heteroatoms. The molecule has 0 unspecified atom stereocenters. The predicted molar refractivity (Wildman–Crippen MR) is 115 cm³/mol. The number of nitrogens with two attached hydrogens (primary N) is 1. The van der Waals surface area contributed by atoms with Crippen molar-refractivity contribution in [1.82, 2.24) is 14.9 Å². The Hall–Kier alpha value is -2.87. The lowest BCUT2D eigenvalue weighted by Gasteiger charge is -2.17. The summed E-state index contributed by atoms with van der Waals surface area (Å²) < 4.78 is 14.7. The van der Waals surface area contributed by atoms with Crippen molar-refractivity contribution >= 4 is 23.4 Å². The summed E-state index contributed by atoms with van der Waals surface area (Å²) in [6.45, 7) is 6.03. The molecule has 0 saturated carbocycles. The van der Waals surface area contributed by atoms with E-state index in [1.165, 1.54) is 28.6 Å². The summed E-state index contributed by atoms with van der Waals surface area (Å²) >= 11 is 1.20. The number of halogens is 1. The monoisotopic (exact) mass is 413 g/mol. The maximum atomic E-state index is 13.5. The van der Waals surface area contributed by atoms with Crippen LogP contribution in [0.5, 0.6) is 0 Å². The lowest BCUT2D eigenvalue weighted by atomic mass is 9.97. The Morgan fingerprint density at radius 1 is 1.21 bits per heavy atom. The van der Waals surface area contributed by atoms with Crippen LogP contribution in [-0.4, -0.2) is 26.0 Å². The molecule has 3 N–H and O–H groups in total. The number of nitrogens with zero attached hydrogens (tertiary/aromatic N) is 3. The molecule has 0 saturated heterocycles. The second-order valence-electron chi connectivity index (χ2n) is 6.83. The van der Waals surface area contributed by atoms with Gasteiger partial charge >= 0.3 is 0 Å². The highest BCUT2D eigenvalue weighted by molar-refractivity contribution is 8.00. The summed E-state index contributed by atoms with van der Waals surface area (Å²) in [6, 6.07) is 13.8. The third-order valence-corrected chi connectivity index (χ3v) is 5.82. The molecule has 0 fully saturated rings. The third kappa shape index (κ3) is 4.76. The van der Waals surface area contributed by atoms with Crippen LogP contribution in [0.2, 0.25) is 0 Å². The highest BCUT2D eigenvalue weighted by Crippen LogP contribution is 2.29. The first-order valence-corrected chi connectivity index (χ1v) is 10.3. The fourth-order valence-corrected chi connectivity index (χ4v) is 3.66. The highest BCUT2D eigenvalue weighted by atomic mass is 32.2. The molecule has 0 radical (unpaired) electrons. The van der Waals surface area contributed by atoms with Crippen LogP contribution in [-0.2, 0) is 4.79 Å². The largest absolute Gasteiger partial charge is 0.335 e. The zero-order valence-corrected chi connectivity index (χ0v) is 17.4. The minimum absolute atomic E-state index is 0.152. The molecule has 152 valence electrons. The lowest BCUT2D eigenvalue weighted by Crippen LogP contribution is -2.24. The van der Waals surface area contributed by atoms with Gasteiger partial charge in [-0.15, -0.1) is 10.2 Å². The van der Waals surface area contributed by atoms with E-state index in [1.54, 1.807) is 19.1 Å². The summed E-state index contributed by atoms with van der Waals surface area (Å²) in [5, 5.41) is 11.0. The molecule has 3 rings (SSSR count). The number of aromatic nitrogens is 3. The van der Waals surface area contributed by atoms with Crippen LogP contribution in [0.1, 0.15) is 38.7 Å². The van der Waals surface area contributed by atoms with E-state index in [2.05, 4.69) is 29.4 Å². The Morgan fingerprint density at radius 2 is 1.97 bits per heavy atom. The smallest absolute Gasteiger partial charge is 0.237 e. The zero-order chi connectivity index (χ0) is 21.0. The van der Waals surface area contributed by atoms with Gasteiger partial charge in [0.05, 0.1) is 5.25 Å². The molecular formula is C21H24FN5OS. The molecule has 0 aliphatic carbocycles. The van der Waals surface area contributed by atoms with Crippen LogP contribution in [0.15, 0.2) is 53.7 Å². The van der Waals surface area contributed by atoms with Crippen molar-refractivity contribution in [3.05, 3.63) is 59.9 Å². The maximum absolute atomic E-state index is 13.5. The van der Waals surface area contributed by atoms with Gasteiger partial charge in [0, 0.05) is 11.3 Å². The van der Waals surface area contributed by atoms with E-state index in [9.17, 15) is 9.18 Å². The molecule has 0 bridgehead atoms. The Bertz CT molecular complexity index is 1010. The Morgan fingerprint density at radius 3 is 2.69 bits per heavy atom. The molecule has 0 spiro atoms. The van der Waals surface area contributed by atoms with Crippen molar-refractivity contribution in [3.8, 4) is 11.4 Å². The standard InChI is InChI=1S/C21H24FN5OS/c1-4-13(2)17-10-5-6-11-18(17)24-20(28)14(3)29-21-26-25-19(27(21)23)15-8-7-9-16(22)12-15/h5-14H,4,23H2,1-3H3,(H,24,28)/t13-,14-/m1/s1. The average molecular weight is 414 g/mol. The number of carbonyl (C=O) groups is 1. The summed E-state index contributed by atoms with van der Waals surface area (Å²) in [7, 11) is 0. The van der Waals surface area contributed by atoms with Gasteiger partial charge in [0.15, 0.2) is 5.82 Å². The quantitative estimate of drug-likeness (QED) is 0.442. The number of carbonyl (C=O) groups excluding carboxylic acids is 1. The number of hydrogen-bond acceptors (Lipinski definition) is 5. The molecule has 1 aromatic heterocycles. The topological polar surface area (TPSA) is 85.8 Å². The van der Waals surface area contributed by atoms with Crippen molar-refractivity contribution in [2.75, 3.05) is 11.2 Å². The minimum atomic E-state index is -0.452. The highest BCUT2D eigenvalue weighted by Gasteiger charge is 2.21. The first-order valence-electron chi connectivity index (χ1n) is 9.43. The molecule has 6 nitrogen and oxygen atoms in total. The number of nitrogens with one attached hydrogen (secondary N) is 1. The van der Waals surface area contributed by atoms with E-state index in [4.69, 9.17) is 5.84 Å². The van der Waals surface area contributed by atoms with Crippen LogP contribution in [0.3, 0.4) is 0 Å².